The first kappa shape index (κ1) is 19.8. The molecule has 1 fully saturated rings. The molecule has 0 unspecified atom stereocenters. The lowest BCUT2D eigenvalue weighted by atomic mass is 10.2. The number of carbonyl (C=O) groups is 1. The maximum absolute atomic E-state index is 12.9. The van der Waals surface area contributed by atoms with Crippen molar-refractivity contribution in [3.05, 3.63) is 24.0 Å². The Bertz CT molecular complexity index is 916. The highest BCUT2D eigenvalue weighted by atomic mass is 32.2. The third-order valence-electron chi connectivity index (χ3n) is 4.70. The van der Waals surface area contributed by atoms with Gasteiger partial charge in [0, 0.05) is 26.1 Å². The molecule has 0 radical (unpaired) electrons. The fourth-order valence-electron chi connectivity index (χ4n) is 3.23. The lowest BCUT2D eigenvalue weighted by Gasteiger charge is -2.26. The van der Waals surface area contributed by atoms with E-state index in [4.69, 9.17) is 9.84 Å². The Labute approximate surface area is 158 Å². The number of aromatic nitrogens is 2. The Morgan fingerprint density at radius 3 is 2.70 bits per heavy atom. The summed E-state index contributed by atoms with van der Waals surface area (Å²) >= 11 is 0. The summed E-state index contributed by atoms with van der Waals surface area (Å²) < 4.78 is 34.4. The van der Waals surface area contributed by atoms with Crippen molar-refractivity contribution < 1.29 is 23.1 Å². The van der Waals surface area contributed by atoms with Gasteiger partial charge in [-0.1, -0.05) is 13.3 Å². The Balaban J connectivity index is 1.97. The largest absolute Gasteiger partial charge is 0.481 e. The van der Waals surface area contributed by atoms with Crippen LogP contribution in [0.15, 0.2) is 23.1 Å². The van der Waals surface area contributed by atoms with Crippen molar-refractivity contribution in [2.45, 2.75) is 44.0 Å². The lowest BCUT2D eigenvalue weighted by molar-refractivity contribution is -0.137. The maximum Gasteiger partial charge on any atom is 0.303 e. The number of rotatable bonds is 8. The molecular weight excluding hydrogens is 370 g/mol. The van der Waals surface area contributed by atoms with Gasteiger partial charge in [-0.3, -0.25) is 4.79 Å². The maximum atomic E-state index is 12.9. The molecule has 0 spiro atoms. The van der Waals surface area contributed by atoms with Crippen molar-refractivity contribution in [1.82, 2.24) is 13.9 Å². The average Bonchev–Trinajstić information content (AvgIpc) is 3.02. The van der Waals surface area contributed by atoms with Gasteiger partial charge in [0.2, 0.25) is 10.0 Å². The molecule has 0 aliphatic carbocycles. The zero-order chi connectivity index (χ0) is 19.4. The van der Waals surface area contributed by atoms with Crippen LogP contribution in [0.4, 0.5) is 0 Å². The van der Waals surface area contributed by atoms with E-state index in [1.807, 2.05) is 4.57 Å². The fourth-order valence-corrected chi connectivity index (χ4v) is 4.66. The quantitative estimate of drug-likeness (QED) is 0.732. The summed E-state index contributed by atoms with van der Waals surface area (Å²) in [6.07, 6.45) is 2.26. The molecule has 2 aromatic rings. The van der Waals surface area contributed by atoms with Gasteiger partial charge in [-0.05, 0) is 24.6 Å². The van der Waals surface area contributed by atoms with E-state index in [2.05, 4.69) is 11.9 Å². The number of unbranched alkanes of at least 4 members (excludes halogenated alkanes) is 1. The predicted octanol–water partition coefficient (Wildman–Crippen LogP) is 1.87. The van der Waals surface area contributed by atoms with E-state index < -0.39 is 16.0 Å². The minimum atomic E-state index is -3.59. The van der Waals surface area contributed by atoms with E-state index in [-0.39, 0.29) is 11.3 Å². The number of hydrogen-bond donors (Lipinski definition) is 1. The Morgan fingerprint density at radius 1 is 1.30 bits per heavy atom. The van der Waals surface area contributed by atoms with Crippen LogP contribution in [0, 0.1) is 0 Å². The number of imidazole rings is 1. The standard InChI is InChI=1S/C18H25N3O5S/c1-2-3-8-21-16-5-4-14(27(24,25)20-9-11-26-12-10-20)13-15(16)19-17(21)6-7-18(22)23/h4-5,13H,2-3,6-12H2,1H3,(H,22,23). The van der Waals surface area contributed by atoms with Gasteiger partial charge in [-0.2, -0.15) is 4.31 Å². The number of nitrogens with zero attached hydrogens (tertiary/aromatic N) is 3. The van der Waals surface area contributed by atoms with Gasteiger partial charge in [-0.25, -0.2) is 13.4 Å². The fraction of sp³-hybridized carbons (Fsp3) is 0.556. The van der Waals surface area contributed by atoms with E-state index in [0.717, 1.165) is 24.9 Å². The number of carboxylic acids is 1. The number of morpholine rings is 1. The van der Waals surface area contributed by atoms with Crippen molar-refractivity contribution in [3.63, 3.8) is 0 Å². The van der Waals surface area contributed by atoms with Gasteiger partial charge in [0.25, 0.3) is 0 Å². The predicted molar refractivity (Wildman–Crippen MR) is 100 cm³/mol. The highest BCUT2D eigenvalue weighted by Crippen LogP contribution is 2.24. The molecule has 0 bridgehead atoms. The molecule has 8 nitrogen and oxygen atoms in total. The molecule has 9 heteroatoms. The third-order valence-corrected chi connectivity index (χ3v) is 6.60. The van der Waals surface area contributed by atoms with Gasteiger partial charge >= 0.3 is 5.97 Å². The van der Waals surface area contributed by atoms with Crippen LogP contribution >= 0.6 is 0 Å². The molecule has 1 aliphatic heterocycles. The number of hydrogen-bond acceptors (Lipinski definition) is 5. The first-order valence-corrected chi connectivity index (χ1v) is 10.7. The third kappa shape index (κ3) is 4.31. The van der Waals surface area contributed by atoms with Gasteiger partial charge in [0.1, 0.15) is 5.82 Å². The van der Waals surface area contributed by atoms with Gasteiger partial charge in [-0.15, -0.1) is 0 Å². The van der Waals surface area contributed by atoms with Crippen molar-refractivity contribution in [3.8, 4) is 0 Å². The SMILES string of the molecule is CCCCn1c(CCC(=O)O)nc2cc(S(=O)(=O)N3CCOCC3)ccc21. The second kappa shape index (κ2) is 8.37. The summed E-state index contributed by atoms with van der Waals surface area (Å²) in [5, 5.41) is 8.98. The van der Waals surface area contributed by atoms with Crippen molar-refractivity contribution in [2.75, 3.05) is 26.3 Å². The molecule has 0 atom stereocenters. The Morgan fingerprint density at radius 2 is 2.04 bits per heavy atom. The Kier molecular flexibility index (Phi) is 6.13. The number of sulfonamides is 1. The number of ether oxygens (including phenoxy) is 1. The van der Waals surface area contributed by atoms with Crippen LogP contribution in [0.3, 0.4) is 0 Å². The van der Waals surface area contributed by atoms with E-state index >= 15 is 0 Å². The minimum absolute atomic E-state index is 0.00557. The van der Waals surface area contributed by atoms with Crippen LogP contribution in [0.5, 0.6) is 0 Å². The summed E-state index contributed by atoms with van der Waals surface area (Å²) in [4.78, 5) is 15.7. The molecule has 1 aromatic carbocycles. The van der Waals surface area contributed by atoms with Gasteiger partial charge in [0.15, 0.2) is 0 Å². The second-order valence-corrected chi connectivity index (χ2v) is 8.53. The lowest BCUT2D eigenvalue weighted by Crippen LogP contribution is -2.40. The smallest absolute Gasteiger partial charge is 0.303 e. The Hall–Kier alpha value is -1.97. The number of carboxylic acid groups (broad SMARTS) is 1. The van der Waals surface area contributed by atoms with Crippen LogP contribution < -0.4 is 0 Å². The van der Waals surface area contributed by atoms with E-state index in [9.17, 15) is 13.2 Å². The van der Waals surface area contributed by atoms with Crippen molar-refractivity contribution in [2.24, 2.45) is 0 Å². The number of aliphatic carboxylic acids is 1. The van der Waals surface area contributed by atoms with Crippen molar-refractivity contribution in [1.29, 1.82) is 0 Å². The summed E-state index contributed by atoms with van der Waals surface area (Å²) in [5.41, 5.74) is 1.42. The summed E-state index contributed by atoms with van der Waals surface area (Å²) in [5.74, 6) is -0.193. The second-order valence-electron chi connectivity index (χ2n) is 6.59. The molecule has 1 saturated heterocycles. The van der Waals surface area contributed by atoms with Crippen molar-refractivity contribution >= 4 is 27.0 Å². The highest BCUT2D eigenvalue weighted by Gasteiger charge is 2.27. The molecule has 27 heavy (non-hydrogen) atoms. The van der Waals surface area contributed by atoms with E-state index in [1.54, 1.807) is 18.2 Å². The molecule has 148 valence electrons. The molecule has 2 heterocycles. The first-order valence-electron chi connectivity index (χ1n) is 9.22. The van der Waals surface area contributed by atoms with Crippen LogP contribution in [0.1, 0.15) is 32.0 Å². The van der Waals surface area contributed by atoms with E-state index in [0.29, 0.717) is 44.1 Å². The average molecular weight is 395 g/mol. The zero-order valence-corrected chi connectivity index (χ0v) is 16.2. The van der Waals surface area contributed by atoms with Crippen LogP contribution in [-0.2, 0) is 32.5 Å². The van der Waals surface area contributed by atoms with Gasteiger partial charge in [0.05, 0.1) is 35.6 Å². The molecule has 1 aromatic heterocycles. The van der Waals surface area contributed by atoms with E-state index in [1.165, 1.54) is 4.31 Å². The van der Waals surface area contributed by atoms with Crippen LogP contribution in [0.25, 0.3) is 11.0 Å². The molecule has 0 saturated carbocycles. The minimum Gasteiger partial charge on any atom is -0.481 e. The molecular formula is C18H25N3O5S. The summed E-state index contributed by atoms with van der Waals surface area (Å²) in [6.45, 7) is 4.30. The molecule has 1 N–H and O–H groups in total. The number of aryl methyl sites for hydroxylation is 2. The highest BCUT2D eigenvalue weighted by molar-refractivity contribution is 7.89. The number of benzene rings is 1. The topological polar surface area (TPSA) is 102 Å². The normalized spacial score (nSPS) is 16.0. The zero-order valence-electron chi connectivity index (χ0n) is 15.4. The van der Waals surface area contributed by atoms with Gasteiger partial charge < -0.3 is 14.4 Å². The molecule has 0 amide bonds. The molecule has 1 aliphatic rings. The summed E-state index contributed by atoms with van der Waals surface area (Å²) in [6, 6.07) is 4.97. The molecule has 3 rings (SSSR count). The van der Waals surface area contributed by atoms with Crippen LogP contribution in [-0.4, -0.2) is 59.7 Å². The monoisotopic (exact) mass is 395 g/mol. The first-order chi connectivity index (χ1) is 12.9. The van der Waals surface area contributed by atoms with Crippen LogP contribution in [0.2, 0.25) is 0 Å². The summed E-state index contributed by atoms with van der Waals surface area (Å²) in [7, 11) is -3.59. The number of fused-ring (bicyclic) bond motifs is 1.